The minimum absolute atomic E-state index is 0.253. The highest BCUT2D eigenvalue weighted by atomic mass is 32.1. The van der Waals surface area contributed by atoms with Gasteiger partial charge in [-0.15, -0.1) is 0 Å². The van der Waals surface area contributed by atoms with E-state index in [0.29, 0.717) is 11.7 Å². The number of carbonyl (C=O) groups excluding carboxylic acids is 1. The number of hydrogen-bond donors (Lipinski definition) is 2. The first kappa shape index (κ1) is 20.5. The molecule has 0 bridgehead atoms. The number of nitrogens with one attached hydrogen (secondary N) is 2. The third-order valence-corrected chi connectivity index (χ3v) is 5.92. The van der Waals surface area contributed by atoms with Crippen LogP contribution in [0.3, 0.4) is 0 Å². The molecule has 3 aromatic rings. The van der Waals surface area contributed by atoms with E-state index in [1.165, 1.54) is 16.9 Å². The highest BCUT2D eigenvalue weighted by Gasteiger charge is 2.16. The number of thiazole rings is 1. The second-order valence-corrected chi connectivity index (χ2v) is 8.47. The molecule has 1 saturated heterocycles. The normalized spacial score (nSPS) is 16.9. The van der Waals surface area contributed by atoms with Gasteiger partial charge in [0, 0.05) is 32.4 Å². The molecule has 2 N–H and O–H groups in total. The molecule has 0 aliphatic carbocycles. The van der Waals surface area contributed by atoms with E-state index in [1.807, 2.05) is 42.5 Å². The maximum atomic E-state index is 12.3. The summed E-state index contributed by atoms with van der Waals surface area (Å²) in [5, 5.41) is 6.32. The number of rotatable bonds is 6. The van der Waals surface area contributed by atoms with E-state index in [4.69, 9.17) is 4.74 Å². The fourth-order valence-corrected chi connectivity index (χ4v) is 4.34. The molecule has 2 heterocycles. The lowest BCUT2D eigenvalue weighted by Gasteiger charge is -2.31. The Morgan fingerprint density at radius 3 is 2.87 bits per heavy atom. The Bertz CT molecular complexity index is 976. The molecule has 1 fully saturated rings. The van der Waals surface area contributed by atoms with Crippen molar-refractivity contribution in [3.8, 4) is 10.4 Å². The van der Waals surface area contributed by atoms with Crippen LogP contribution in [0, 0.1) is 0 Å². The van der Waals surface area contributed by atoms with Crippen LogP contribution in [0.15, 0.2) is 60.8 Å². The molecule has 0 saturated carbocycles. The lowest BCUT2D eigenvalue weighted by Crippen LogP contribution is -2.40. The van der Waals surface area contributed by atoms with Crippen molar-refractivity contribution < 1.29 is 9.53 Å². The van der Waals surface area contributed by atoms with Crippen LogP contribution in [0.5, 0.6) is 0 Å². The van der Waals surface area contributed by atoms with Gasteiger partial charge >= 0.3 is 6.03 Å². The zero-order chi connectivity index (χ0) is 20.8. The number of ether oxygens (including phenoxy) is 1. The lowest BCUT2D eigenvalue weighted by atomic mass is 10.1. The number of carbonyl (C=O) groups is 1. The smallest absolute Gasteiger partial charge is 0.321 e. The Morgan fingerprint density at radius 1 is 1.20 bits per heavy atom. The molecule has 156 valence electrons. The number of morpholine rings is 1. The molecule has 1 aliphatic heterocycles. The monoisotopic (exact) mass is 422 g/mol. The molecule has 6 nitrogen and oxygen atoms in total. The van der Waals surface area contributed by atoms with Crippen LogP contribution in [0.2, 0.25) is 0 Å². The molecule has 1 aromatic heterocycles. The first-order chi connectivity index (χ1) is 14.7. The van der Waals surface area contributed by atoms with Crippen LogP contribution in [-0.4, -0.2) is 41.7 Å². The van der Waals surface area contributed by atoms with Gasteiger partial charge in [-0.3, -0.25) is 10.2 Å². The highest BCUT2D eigenvalue weighted by Crippen LogP contribution is 2.28. The van der Waals surface area contributed by atoms with Crippen LogP contribution in [-0.2, 0) is 17.8 Å². The number of amides is 2. The average Bonchev–Trinajstić information content (AvgIpc) is 3.22. The van der Waals surface area contributed by atoms with E-state index >= 15 is 0 Å². The number of nitrogens with zero attached hydrogens (tertiary/aromatic N) is 2. The quantitative estimate of drug-likeness (QED) is 0.620. The molecule has 1 unspecified atom stereocenters. The standard InChI is InChI=1S/C23H26N4O2S/c1-17-15-27(10-11-29-17)16-19-7-5-6-18(12-19)13-24-22(28)26-23-25-14-21(30-23)20-8-3-2-4-9-20/h2-9,12,14,17H,10-11,13,15-16H2,1H3,(H2,24,25,26,28). The Balaban J connectivity index is 1.28. The Hall–Kier alpha value is -2.74. The van der Waals surface area contributed by atoms with Crippen LogP contribution in [0.4, 0.5) is 9.93 Å². The largest absolute Gasteiger partial charge is 0.376 e. The number of aromatic nitrogens is 1. The molecule has 2 aromatic carbocycles. The molecule has 2 amide bonds. The summed E-state index contributed by atoms with van der Waals surface area (Å²) in [6.45, 7) is 6.16. The molecule has 1 aliphatic rings. The Kier molecular flexibility index (Phi) is 6.74. The van der Waals surface area contributed by atoms with E-state index in [2.05, 4.69) is 39.6 Å². The Labute approximate surface area is 180 Å². The average molecular weight is 423 g/mol. The van der Waals surface area contributed by atoms with Crippen molar-refractivity contribution in [2.75, 3.05) is 25.0 Å². The predicted octanol–water partition coefficient (Wildman–Crippen LogP) is 4.35. The first-order valence-corrected chi connectivity index (χ1v) is 11.0. The Morgan fingerprint density at radius 2 is 2.03 bits per heavy atom. The summed E-state index contributed by atoms with van der Waals surface area (Å²) in [4.78, 5) is 20.0. The number of benzene rings is 2. The third kappa shape index (κ3) is 5.66. The van der Waals surface area contributed by atoms with Gasteiger partial charge in [-0.1, -0.05) is 65.9 Å². The summed E-state index contributed by atoms with van der Waals surface area (Å²) in [5.74, 6) is 0. The highest BCUT2D eigenvalue weighted by molar-refractivity contribution is 7.19. The van der Waals surface area contributed by atoms with Gasteiger partial charge in [0.1, 0.15) is 0 Å². The molecular formula is C23H26N4O2S. The van der Waals surface area contributed by atoms with Crippen LogP contribution < -0.4 is 10.6 Å². The zero-order valence-electron chi connectivity index (χ0n) is 17.0. The van der Waals surface area contributed by atoms with Crippen LogP contribution >= 0.6 is 11.3 Å². The van der Waals surface area contributed by atoms with Gasteiger partial charge in [0.2, 0.25) is 0 Å². The molecule has 0 spiro atoms. The van der Waals surface area contributed by atoms with E-state index in [9.17, 15) is 4.79 Å². The number of urea groups is 1. The maximum Gasteiger partial charge on any atom is 0.321 e. The minimum atomic E-state index is -0.253. The summed E-state index contributed by atoms with van der Waals surface area (Å²) in [6, 6.07) is 18.1. The topological polar surface area (TPSA) is 66.5 Å². The van der Waals surface area contributed by atoms with Crippen molar-refractivity contribution in [3.63, 3.8) is 0 Å². The molecule has 4 rings (SSSR count). The third-order valence-electron chi connectivity index (χ3n) is 4.96. The van der Waals surface area contributed by atoms with Crippen molar-refractivity contribution in [1.82, 2.24) is 15.2 Å². The second kappa shape index (κ2) is 9.84. The van der Waals surface area contributed by atoms with Gasteiger partial charge in [-0.25, -0.2) is 9.78 Å². The van der Waals surface area contributed by atoms with Crippen LogP contribution in [0.1, 0.15) is 18.1 Å². The van der Waals surface area contributed by atoms with Gasteiger partial charge in [0.25, 0.3) is 0 Å². The minimum Gasteiger partial charge on any atom is -0.376 e. The number of hydrogen-bond acceptors (Lipinski definition) is 5. The van der Waals surface area contributed by atoms with E-state index in [0.717, 1.165) is 42.2 Å². The van der Waals surface area contributed by atoms with Crippen LogP contribution in [0.25, 0.3) is 10.4 Å². The summed E-state index contributed by atoms with van der Waals surface area (Å²) >= 11 is 1.46. The summed E-state index contributed by atoms with van der Waals surface area (Å²) < 4.78 is 5.61. The van der Waals surface area contributed by atoms with Gasteiger partial charge in [0.15, 0.2) is 5.13 Å². The van der Waals surface area contributed by atoms with E-state index in [1.54, 1.807) is 6.20 Å². The summed E-state index contributed by atoms with van der Waals surface area (Å²) in [6.07, 6.45) is 2.06. The van der Waals surface area contributed by atoms with Crippen molar-refractivity contribution in [2.24, 2.45) is 0 Å². The number of anilines is 1. The predicted molar refractivity (Wildman–Crippen MR) is 121 cm³/mol. The maximum absolute atomic E-state index is 12.3. The molecule has 1 atom stereocenters. The first-order valence-electron chi connectivity index (χ1n) is 10.1. The second-order valence-electron chi connectivity index (χ2n) is 7.44. The lowest BCUT2D eigenvalue weighted by molar-refractivity contribution is -0.0212. The fourth-order valence-electron chi connectivity index (χ4n) is 3.52. The van der Waals surface area contributed by atoms with Gasteiger partial charge in [-0.05, 0) is 23.6 Å². The van der Waals surface area contributed by atoms with Gasteiger partial charge in [0.05, 0.1) is 17.6 Å². The summed E-state index contributed by atoms with van der Waals surface area (Å²) in [5.41, 5.74) is 3.42. The van der Waals surface area contributed by atoms with Gasteiger partial charge in [-0.2, -0.15) is 0 Å². The van der Waals surface area contributed by atoms with E-state index < -0.39 is 0 Å². The van der Waals surface area contributed by atoms with E-state index in [-0.39, 0.29) is 12.1 Å². The molecule has 7 heteroatoms. The molecule has 0 radical (unpaired) electrons. The van der Waals surface area contributed by atoms with Crippen molar-refractivity contribution >= 4 is 22.5 Å². The fraction of sp³-hybridized carbons (Fsp3) is 0.304. The van der Waals surface area contributed by atoms with Crippen molar-refractivity contribution in [2.45, 2.75) is 26.1 Å². The molecule has 30 heavy (non-hydrogen) atoms. The van der Waals surface area contributed by atoms with Crippen molar-refractivity contribution in [1.29, 1.82) is 0 Å². The SMILES string of the molecule is CC1CN(Cc2cccc(CNC(=O)Nc3ncc(-c4ccccc4)s3)c2)CCO1. The van der Waals surface area contributed by atoms with Gasteiger partial charge < -0.3 is 10.1 Å². The van der Waals surface area contributed by atoms with Crippen molar-refractivity contribution in [3.05, 3.63) is 71.9 Å². The molecular weight excluding hydrogens is 396 g/mol. The summed E-state index contributed by atoms with van der Waals surface area (Å²) in [7, 11) is 0. The zero-order valence-corrected chi connectivity index (χ0v) is 17.8.